The number of aryl methyl sites for hydroxylation is 2. The highest BCUT2D eigenvalue weighted by Gasteiger charge is 2.15. The van der Waals surface area contributed by atoms with Crippen LogP contribution in [0.2, 0.25) is 0 Å². The molecule has 5 nitrogen and oxygen atoms in total. The van der Waals surface area contributed by atoms with Crippen LogP contribution in [0.15, 0.2) is 18.5 Å². The lowest BCUT2D eigenvalue weighted by molar-refractivity contribution is 0.725. The first-order chi connectivity index (χ1) is 9.61. The monoisotopic (exact) mass is 289 g/mol. The van der Waals surface area contributed by atoms with Gasteiger partial charge in [0.1, 0.15) is 11.3 Å². The van der Waals surface area contributed by atoms with Gasteiger partial charge in [0.05, 0.1) is 29.8 Å². The normalized spacial score (nSPS) is 11.4. The van der Waals surface area contributed by atoms with E-state index >= 15 is 0 Å². The number of nitrogens with zero attached hydrogens (tertiary/aromatic N) is 5. The Hall–Kier alpha value is -1.88. The van der Waals surface area contributed by atoms with Crippen molar-refractivity contribution in [1.29, 1.82) is 0 Å². The molecule has 0 radical (unpaired) electrons. The highest BCUT2D eigenvalue weighted by molar-refractivity contribution is 6.16. The van der Waals surface area contributed by atoms with Gasteiger partial charge < -0.3 is 4.57 Å². The highest BCUT2D eigenvalue weighted by Crippen LogP contribution is 2.21. The zero-order chi connectivity index (χ0) is 14.3. The lowest BCUT2D eigenvalue weighted by Gasteiger charge is -2.08. The third kappa shape index (κ3) is 1.98. The van der Waals surface area contributed by atoms with E-state index in [0.717, 1.165) is 29.1 Å². The topological polar surface area (TPSA) is 48.5 Å². The van der Waals surface area contributed by atoms with Crippen molar-refractivity contribution in [2.45, 2.75) is 26.3 Å². The fourth-order valence-electron chi connectivity index (χ4n) is 2.51. The van der Waals surface area contributed by atoms with E-state index in [1.165, 1.54) is 11.3 Å². The second-order valence-corrected chi connectivity index (χ2v) is 5.15. The highest BCUT2D eigenvalue weighted by atomic mass is 35.5. The van der Waals surface area contributed by atoms with Gasteiger partial charge in [-0.3, -0.25) is 9.67 Å². The molecule has 0 bridgehead atoms. The second kappa shape index (κ2) is 4.90. The summed E-state index contributed by atoms with van der Waals surface area (Å²) in [5.74, 6) is 1.24. The quantitative estimate of drug-likeness (QED) is 0.696. The summed E-state index contributed by atoms with van der Waals surface area (Å²) in [6, 6.07) is 1.97. The molecule has 0 N–H and O–H groups in total. The molecule has 0 aliphatic carbocycles. The fraction of sp³-hybridized carbons (Fsp3) is 0.357. The van der Waals surface area contributed by atoms with E-state index < -0.39 is 0 Å². The Labute approximate surface area is 122 Å². The number of imidazole rings is 1. The van der Waals surface area contributed by atoms with Crippen LogP contribution < -0.4 is 0 Å². The maximum atomic E-state index is 6.03. The van der Waals surface area contributed by atoms with Crippen molar-refractivity contribution in [1.82, 2.24) is 24.3 Å². The summed E-state index contributed by atoms with van der Waals surface area (Å²) in [7, 11) is 1.96. The molecule has 0 aromatic carbocycles. The predicted octanol–water partition coefficient (Wildman–Crippen LogP) is 2.57. The van der Waals surface area contributed by atoms with Crippen molar-refractivity contribution in [2.75, 3.05) is 0 Å². The van der Waals surface area contributed by atoms with Gasteiger partial charge in [0, 0.05) is 24.5 Å². The molecule has 3 aromatic heterocycles. The van der Waals surface area contributed by atoms with E-state index in [1.807, 2.05) is 24.7 Å². The second-order valence-electron chi connectivity index (χ2n) is 4.89. The number of aromatic nitrogens is 5. The molecule has 0 saturated carbocycles. The largest absolute Gasteiger partial charge is 0.322 e. The van der Waals surface area contributed by atoms with Crippen molar-refractivity contribution in [3.8, 4) is 0 Å². The molecule has 0 saturated heterocycles. The summed E-state index contributed by atoms with van der Waals surface area (Å²) in [6.45, 7) is 4.84. The van der Waals surface area contributed by atoms with Gasteiger partial charge in [-0.2, -0.15) is 5.10 Å². The van der Waals surface area contributed by atoms with Gasteiger partial charge in [0.25, 0.3) is 0 Å². The van der Waals surface area contributed by atoms with Crippen LogP contribution in [0.25, 0.3) is 11.0 Å². The third-order valence-electron chi connectivity index (χ3n) is 3.72. The number of fused-ring (bicyclic) bond motifs is 1. The minimum Gasteiger partial charge on any atom is -0.322 e. The van der Waals surface area contributed by atoms with Gasteiger partial charge in [-0.25, -0.2) is 4.98 Å². The number of hydrogen-bond acceptors (Lipinski definition) is 3. The van der Waals surface area contributed by atoms with E-state index in [0.29, 0.717) is 5.88 Å². The van der Waals surface area contributed by atoms with Crippen LogP contribution in [-0.4, -0.2) is 24.3 Å². The van der Waals surface area contributed by atoms with Crippen molar-refractivity contribution < 1.29 is 0 Å². The lowest BCUT2D eigenvalue weighted by Crippen LogP contribution is -2.06. The number of pyridine rings is 1. The fourth-order valence-corrected chi connectivity index (χ4v) is 2.72. The molecule has 3 aromatic rings. The molecule has 3 rings (SSSR count). The molecule has 0 unspecified atom stereocenters. The zero-order valence-electron chi connectivity index (χ0n) is 11.8. The summed E-state index contributed by atoms with van der Waals surface area (Å²) in [4.78, 5) is 8.65. The van der Waals surface area contributed by atoms with Gasteiger partial charge in [0.2, 0.25) is 0 Å². The number of alkyl halides is 1. The Morgan fingerprint density at radius 3 is 2.75 bits per heavy atom. The van der Waals surface area contributed by atoms with Crippen molar-refractivity contribution >= 4 is 22.6 Å². The molecule has 6 heteroatoms. The maximum absolute atomic E-state index is 6.03. The van der Waals surface area contributed by atoms with Gasteiger partial charge in [0.15, 0.2) is 0 Å². The molecule has 0 amide bonds. The van der Waals surface area contributed by atoms with Crippen molar-refractivity contribution in [3.63, 3.8) is 0 Å². The summed E-state index contributed by atoms with van der Waals surface area (Å²) in [5.41, 5.74) is 5.36. The first-order valence-electron chi connectivity index (χ1n) is 6.46. The average molecular weight is 290 g/mol. The summed E-state index contributed by atoms with van der Waals surface area (Å²) < 4.78 is 4.05. The van der Waals surface area contributed by atoms with Gasteiger partial charge in [-0.15, -0.1) is 11.6 Å². The Balaban J connectivity index is 2.14. The first-order valence-corrected chi connectivity index (χ1v) is 6.99. The van der Waals surface area contributed by atoms with Gasteiger partial charge >= 0.3 is 0 Å². The van der Waals surface area contributed by atoms with Crippen molar-refractivity contribution in [2.24, 2.45) is 7.05 Å². The summed E-state index contributed by atoms with van der Waals surface area (Å²) in [6.07, 6.45) is 3.55. The van der Waals surface area contributed by atoms with E-state index in [4.69, 9.17) is 11.6 Å². The SMILES string of the molecule is Cc1nn(C)c(C)c1Cn1c(CCl)nc2cnccc21. The smallest absolute Gasteiger partial charge is 0.125 e. The maximum Gasteiger partial charge on any atom is 0.125 e. The standard InChI is InChI=1S/C14H16ClN5/c1-9-11(10(2)19(3)18-9)8-20-13-4-5-16-7-12(13)17-14(20)6-15/h4-5,7H,6,8H2,1-3H3. The van der Waals surface area contributed by atoms with Crippen LogP contribution in [0.1, 0.15) is 22.8 Å². The molecule has 0 aliphatic rings. The Bertz CT molecular complexity index is 771. The summed E-state index contributed by atoms with van der Waals surface area (Å²) >= 11 is 6.03. The average Bonchev–Trinajstić information content (AvgIpc) is 2.92. The summed E-state index contributed by atoms with van der Waals surface area (Å²) in [5, 5.41) is 4.46. The van der Waals surface area contributed by atoms with E-state index in [9.17, 15) is 0 Å². The Kier molecular flexibility index (Phi) is 3.22. The zero-order valence-corrected chi connectivity index (χ0v) is 12.5. The third-order valence-corrected chi connectivity index (χ3v) is 3.96. The lowest BCUT2D eigenvalue weighted by atomic mass is 10.2. The van der Waals surface area contributed by atoms with Crippen LogP contribution in [-0.2, 0) is 19.5 Å². The molecule has 20 heavy (non-hydrogen) atoms. The molecule has 0 aliphatic heterocycles. The number of rotatable bonds is 3. The molecule has 0 spiro atoms. The Morgan fingerprint density at radius 1 is 1.30 bits per heavy atom. The predicted molar refractivity (Wildman–Crippen MR) is 78.9 cm³/mol. The van der Waals surface area contributed by atoms with E-state index in [-0.39, 0.29) is 0 Å². The van der Waals surface area contributed by atoms with Gasteiger partial charge in [-0.1, -0.05) is 0 Å². The molecular formula is C14H16ClN5. The molecule has 0 atom stereocenters. The van der Waals surface area contributed by atoms with Crippen LogP contribution in [0.5, 0.6) is 0 Å². The van der Waals surface area contributed by atoms with Crippen LogP contribution in [0, 0.1) is 13.8 Å². The van der Waals surface area contributed by atoms with Gasteiger partial charge in [-0.05, 0) is 19.9 Å². The van der Waals surface area contributed by atoms with E-state index in [1.54, 1.807) is 12.4 Å². The molecule has 104 valence electrons. The van der Waals surface area contributed by atoms with E-state index in [2.05, 4.69) is 26.6 Å². The molecule has 0 fully saturated rings. The van der Waals surface area contributed by atoms with Crippen molar-refractivity contribution in [3.05, 3.63) is 41.2 Å². The Morgan fingerprint density at radius 2 is 2.10 bits per heavy atom. The van der Waals surface area contributed by atoms with Crippen LogP contribution in [0.3, 0.4) is 0 Å². The molecular weight excluding hydrogens is 274 g/mol. The molecule has 3 heterocycles. The van der Waals surface area contributed by atoms with Crippen LogP contribution in [0.4, 0.5) is 0 Å². The number of halogens is 1. The minimum atomic E-state index is 0.382. The number of hydrogen-bond donors (Lipinski definition) is 0. The minimum absolute atomic E-state index is 0.382. The van der Waals surface area contributed by atoms with Crippen LogP contribution >= 0.6 is 11.6 Å². The first kappa shape index (κ1) is 13.1.